The molecule has 0 aromatic heterocycles. The molecular weight excluding hydrogens is 472 g/mol. The van der Waals surface area contributed by atoms with E-state index in [1.807, 2.05) is 56.3 Å². The maximum atomic E-state index is 13.4. The zero-order valence-corrected chi connectivity index (χ0v) is 20.9. The van der Waals surface area contributed by atoms with Crippen LogP contribution in [0.4, 0.5) is 11.4 Å². The Kier molecular flexibility index (Phi) is 7.52. The quantitative estimate of drug-likeness (QED) is 0.468. The lowest BCUT2D eigenvalue weighted by atomic mass is 10.1. The van der Waals surface area contributed by atoms with E-state index in [4.69, 9.17) is 10.00 Å². The number of thioether (sulfide) groups is 1. The largest absolute Gasteiger partial charge is 0.497 e. The smallest absolute Gasteiger partial charge is 0.283 e. The number of aryl methyl sites for hydroxylation is 2. The van der Waals surface area contributed by atoms with Gasteiger partial charge in [0.25, 0.3) is 5.91 Å². The fourth-order valence-electron chi connectivity index (χ4n) is 3.75. The molecular formula is C28H24N4O3S. The number of anilines is 2. The molecule has 0 saturated heterocycles. The summed E-state index contributed by atoms with van der Waals surface area (Å²) in [6, 6.07) is 22.0. The number of aliphatic imine (C=N–C) groups is 1. The highest BCUT2D eigenvalue weighted by Crippen LogP contribution is 2.31. The van der Waals surface area contributed by atoms with Crippen molar-refractivity contribution in [1.29, 1.82) is 5.26 Å². The van der Waals surface area contributed by atoms with Gasteiger partial charge in [0.05, 0.1) is 30.2 Å². The lowest BCUT2D eigenvalue weighted by Crippen LogP contribution is -2.31. The van der Waals surface area contributed by atoms with E-state index in [9.17, 15) is 9.59 Å². The minimum Gasteiger partial charge on any atom is -0.497 e. The third-order valence-electron chi connectivity index (χ3n) is 5.32. The van der Waals surface area contributed by atoms with Gasteiger partial charge in [-0.05, 0) is 79.1 Å². The monoisotopic (exact) mass is 496 g/mol. The summed E-state index contributed by atoms with van der Waals surface area (Å²) in [6.07, 6.45) is 1.72. The van der Waals surface area contributed by atoms with Gasteiger partial charge in [0.15, 0.2) is 5.17 Å². The number of hydrogen-bond acceptors (Lipinski definition) is 6. The summed E-state index contributed by atoms with van der Waals surface area (Å²) in [4.78, 5) is 32.2. The van der Waals surface area contributed by atoms with Crippen LogP contribution in [0.3, 0.4) is 0 Å². The van der Waals surface area contributed by atoms with Gasteiger partial charge in [-0.25, -0.2) is 4.99 Å². The SMILES string of the molecule is COc1ccc(C=C2N=C(SCC(=O)Nc3cccc(C#N)c3)N(c3cc(C)cc(C)c3)C2=O)cc1. The molecule has 0 fully saturated rings. The van der Waals surface area contributed by atoms with E-state index in [-0.39, 0.29) is 23.3 Å². The van der Waals surface area contributed by atoms with E-state index in [0.717, 1.165) is 22.4 Å². The van der Waals surface area contributed by atoms with Crippen LogP contribution in [-0.2, 0) is 9.59 Å². The minimum atomic E-state index is -0.266. The second-order valence-electron chi connectivity index (χ2n) is 8.21. The van der Waals surface area contributed by atoms with Gasteiger partial charge in [-0.2, -0.15) is 5.26 Å². The molecule has 8 heteroatoms. The molecule has 4 rings (SSSR count). The highest BCUT2D eigenvalue weighted by atomic mass is 32.2. The lowest BCUT2D eigenvalue weighted by Gasteiger charge is -2.19. The van der Waals surface area contributed by atoms with Crippen LogP contribution in [0.5, 0.6) is 5.75 Å². The van der Waals surface area contributed by atoms with Gasteiger partial charge in [0.2, 0.25) is 5.91 Å². The summed E-state index contributed by atoms with van der Waals surface area (Å²) in [5, 5.41) is 12.3. The minimum absolute atomic E-state index is 0.0417. The zero-order chi connectivity index (χ0) is 25.7. The molecule has 3 aromatic rings. The number of benzene rings is 3. The lowest BCUT2D eigenvalue weighted by molar-refractivity contribution is -0.114. The summed E-state index contributed by atoms with van der Waals surface area (Å²) in [6.45, 7) is 3.94. The molecule has 0 aliphatic carbocycles. The molecule has 1 aliphatic heterocycles. The number of nitriles is 1. The fraction of sp³-hybridized carbons (Fsp3) is 0.143. The molecule has 0 saturated carbocycles. The molecule has 0 radical (unpaired) electrons. The predicted molar refractivity (Wildman–Crippen MR) is 144 cm³/mol. The number of carbonyl (C=O) groups is 2. The Bertz CT molecular complexity index is 1400. The number of rotatable bonds is 6. The molecule has 36 heavy (non-hydrogen) atoms. The topological polar surface area (TPSA) is 94.8 Å². The molecule has 0 unspecified atom stereocenters. The number of carbonyl (C=O) groups excluding carboxylic acids is 2. The van der Waals surface area contributed by atoms with Gasteiger partial charge in [-0.1, -0.05) is 36.0 Å². The normalized spacial score (nSPS) is 13.9. The molecule has 0 spiro atoms. The van der Waals surface area contributed by atoms with E-state index in [1.165, 1.54) is 11.8 Å². The second-order valence-corrected chi connectivity index (χ2v) is 9.16. The van der Waals surface area contributed by atoms with Gasteiger partial charge in [-0.15, -0.1) is 0 Å². The first kappa shape index (κ1) is 24.8. The first-order chi connectivity index (χ1) is 17.4. The molecule has 2 amide bonds. The summed E-state index contributed by atoms with van der Waals surface area (Å²) >= 11 is 1.18. The highest BCUT2D eigenvalue weighted by Gasteiger charge is 2.32. The Morgan fingerprint density at radius 1 is 1.11 bits per heavy atom. The van der Waals surface area contributed by atoms with Crippen molar-refractivity contribution in [3.63, 3.8) is 0 Å². The van der Waals surface area contributed by atoms with Gasteiger partial charge in [-0.3, -0.25) is 14.5 Å². The number of hydrogen-bond donors (Lipinski definition) is 1. The van der Waals surface area contributed by atoms with Gasteiger partial charge in [0, 0.05) is 5.69 Å². The molecule has 180 valence electrons. The Morgan fingerprint density at radius 2 is 1.83 bits per heavy atom. The van der Waals surface area contributed by atoms with E-state index in [2.05, 4.69) is 16.4 Å². The molecule has 0 atom stereocenters. The van der Waals surface area contributed by atoms with E-state index >= 15 is 0 Å². The summed E-state index contributed by atoms with van der Waals surface area (Å²) in [5.41, 5.74) is 4.82. The van der Waals surface area contributed by atoms with Crippen molar-refractivity contribution in [2.75, 3.05) is 23.1 Å². The van der Waals surface area contributed by atoms with Crippen LogP contribution in [0.1, 0.15) is 22.3 Å². The van der Waals surface area contributed by atoms with E-state index in [1.54, 1.807) is 42.4 Å². The van der Waals surface area contributed by atoms with E-state index < -0.39 is 0 Å². The number of amidine groups is 1. The summed E-state index contributed by atoms with van der Waals surface area (Å²) < 4.78 is 5.20. The van der Waals surface area contributed by atoms with Crippen LogP contribution in [0, 0.1) is 25.2 Å². The zero-order valence-electron chi connectivity index (χ0n) is 20.1. The number of nitrogens with zero attached hydrogens (tertiary/aromatic N) is 3. The molecule has 1 heterocycles. The molecule has 1 N–H and O–H groups in total. The van der Waals surface area contributed by atoms with Crippen molar-refractivity contribution >= 4 is 46.2 Å². The maximum absolute atomic E-state index is 13.4. The van der Waals surface area contributed by atoms with E-state index in [0.29, 0.717) is 22.1 Å². The standard InChI is InChI=1S/C28H24N4O3S/c1-18-11-19(2)13-23(12-18)32-27(34)25(15-20-7-9-24(35-3)10-8-20)31-28(32)36-17-26(33)30-22-6-4-5-21(14-22)16-29/h4-15H,17H2,1-3H3,(H,30,33). The molecule has 1 aliphatic rings. The van der Waals surface area contributed by atoms with Crippen LogP contribution in [-0.4, -0.2) is 29.8 Å². The third-order valence-corrected chi connectivity index (χ3v) is 6.26. The molecule has 3 aromatic carbocycles. The van der Waals surface area contributed by atoms with Crippen LogP contribution in [0.25, 0.3) is 6.08 Å². The van der Waals surface area contributed by atoms with Crippen molar-refractivity contribution in [2.45, 2.75) is 13.8 Å². The Balaban J connectivity index is 1.59. The summed E-state index contributed by atoms with van der Waals surface area (Å²) in [5.74, 6) is 0.233. The van der Waals surface area contributed by atoms with Crippen molar-refractivity contribution < 1.29 is 14.3 Å². The average molecular weight is 497 g/mol. The first-order valence-corrected chi connectivity index (χ1v) is 12.1. The number of nitrogens with one attached hydrogen (secondary N) is 1. The molecule has 0 bridgehead atoms. The van der Waals surface area contributed by atoms with Gasteiger partial charge in [0.1, 0.15) is 11.4 Å². The first-order valence-electron chi connectivity index (χ1n) is 11.2. The number of methoxy groups -OCH3 is 1. The van der Waals surface area contributed by atoms with Crippen LogP contribution >= 0.6 is 11.8 Å². The maximum Gasteiger partial charge on any atom is 0.283 e. The van der Waals surface area contributed by atoms with Crippen molar-refractivity contribution in [2.24, 2.45) is 4.99 Å². The number of amides is 2. The van der Waals surface area contributed by atoms with Crippen LogP contribution in [0.15, 0.2) is 77.4 Å². The fourth-order valence-corrected chi connectivity index (χ4v) is 4.56. The van der Waals surface area contributed by atoms with Crippen LogP contribution in [0.2, 0.25) is 0 Å². The Morgan fingerprint density at radius 3 is 2.50 bits per heavy atom. The Labute approximate surface area is 214 Å². The number of ether oxygens (including phenoxy) is 1. The predicted octanol–water partition coefficient (Wildman–Crippen LogP) is 5.30. The van der Waals surface area contributed by atoms with Crippen molar-refractivity contribution in [3.8, 4) is 11.8 Å². The molecule has 7 nitrogen and oxygen atoms in total. The average Bonchev–Trinajstić information content (AvgIpc) is 3.17. The van der Waals surface area contributed by atoms with Crippen molar-refractivity contribution in [3.05, 3.63) is 94.7 Å². The highest BCUT2D eigenvalue weighted by molar-refractivity contribution is 8.14. The van der Waals surface area contributed by atoms with Crippen LogP contribution < -0.4 is 15.0 Å². The summed E-state index contributed by atoms with van der Waals surface area (Å²) in [7, 11) is 1.60. The third kappa shape index (κ3) is 5.82. The van der Waals surface area contributed by atoms with Crippen molar-refractivity contribution in [1.82, 2.24) is 0 Å². The van der Waals surface area contributed by atoms with Gasteiger partial charge < -0.3 is 10.1 Å². The Hall–Kier alpha value is -4.35. The van der Waals surface area contributed by atoms with Gasteiger partial charge >= 0.3 is 0 Å². The second kappa shape index (κ2) is 10.9.